The second-order valence-corrected chi connectivity index (χ2v) is 5.29. The molecule has 0 saturated carbocycles. The minimum atomic E-state index is -0.512. The van der Waals surface area contributed by atoms with E-state index < -0.39 is 5.82 Å². The summed E-state index contributed by atoms with van der Waals surface area (Å²) >= 11 is 5.78. The summed E-state index contributed by atoms with van der Waals surface area (Å²) in [6.45, 7) is 4.16. The van der Waals surface area contributed by atoms with Gasteiger partial charge in [0.2, 0.25) is 0 Å². The fourth-order valence-corrected chi connectivity index (χ4v) is 1.98. The number of anilines is 1. The van der Waals surface area contributed by atoms with E-state index in [2.05, 4.69) is 19.2 Å². The number of benzene rings is 2. The van der Waals surface area contributed by atoms with Crippen LogP contribution < -0.4 is 5.32 Å². The fraction of sp³-hybridized carbons (Fsp3) is 0.188. The Morgan fingerprint density at radius 2 is 1.80 bits per heavy atom. The maximum atomic E-state index is 13.5. The van der Waals surface area contributed by atoms with Gasteiger partial charge < -0.3 is 5.32 Å². The maximum absolute atomic E-state index is 13.5. The normalized spacial score (nSPS) is 10.7. The first kappa shape index (κ1) is 14.5. The molecule has 2 rings (SSSR count). The monoisotopic (exact) mass is 291 g/mol. The van der Waals surface area contributed by atoms with Crippen LogP contribution in [0.1, 0.15) is 35.7 Å². The zero-order valence-corrected chi connectivity index (χ0v) is 12.0. The summed E-state index contributed by atoms with van der Waals surface area (Å²) < 4.78 is 13.5. The Morgan fingerprint density at radius 3 is 2.40 bits per heavy atom. The number of hydrogen-bond acceptors (Lipinski definition) is 1. The molecule has 0 radical (unpaired) electrons. The first-order valence-corrected chi connectivity index (χ1v) is 6.71. The van der Waals surface area contributed by atoms with Gasteiger partial charge >= 0.3 is 0 Å². The molecule has 1 N–H and O–H groups in total. The number of amides is 1. The predicted molar refractivity (Wildman–Crippen MR) is 79.9 cm³/mol. The molecule has 1 amide bonds. The van der Waals surface area contributed by atoms with E-state index in [0.29, 0.717) is 16.5 Å². The molecule has 0 heterocycles. The molecule has 0 atom stereocenters. The largest absolute Gasteiger partial charge is 0.319 e. The van der Waals surface area contributed by atoms with Gasteiger partial charge in [0.25, 0.3) is 5.91 Å². The molecule has 2 aromatic carbocycles. The molecule has 0 bridgehead atoms. The highest BCUT2D eigenvalue weighted by Crippen LogP contribution is 2.21. The van der Waals surface area contributed by atoms with E-state index in [-0.39, 0.29) is 11.6 Å². The molecule has 20 heavy (non-hydrogen) atoms. The van der Waals surface area contributed by atoms with Crippen LogP contribution in [0.25, 0.3) is 0 Å². The highest BCUT2D eigenvalue weighted by atomic mass is 35.5. The van der Waals surface area contributed by atoms with Crippen LogP contribution in [0.3, 0.4) is 0 Å². The Labute approximate surface area is 122 Å². The average Bonchev–Trinajstić information content (AvgIpc) is 2.43. The summed E-state index contributed by atoms with van der Waals surface area (Å²) in [5.41, 5.74) is 1.71. The van der Waals surface area contributed by atoms with Gasteiger partial charge in [0.15, 0.2) is 0 Å². The van der Waals surface area contributed by atoms with E-state index in [0.717, 1.165) is 5.56 Å². The van der Waals surface area contributed by atoms with Crippen molar-refractivity contribution in [3.05, 3.63) is 64.4 Å². The van der Waals surface area contributed by atoms with Crippen LogP contribution in [-0.2, 0) is 0 Å². The minimum absolute atomic E-state index is 0.0791. The summed E-state index contributed by atoms with van der Waals surface area (Å²) in [4.78, 5) is 12.0. The molecule has 4 heteroatoms. The SMILES string of the molecule is CC(C)c1ccc(C(=O)Nc2cc(Cl)ccc2F)cc1. The molecule has 0 aromatic heterocycles. The molecule has 0 saturated heterocycles. The quantitative estimate of drug-likeness (QED) is 0.860. The third kappa shape index (κ3) is 3.36. The lowest BCUT2D eigenvalue weighted by Crippen LogP contribution is -2.13. The lowest BCUT2D eigenvalue weighted by Gasteiger charge is -2.09. The van der Waals surface area contributed by atoms with E-state index in [1.54, 1.807) is 12.1 Å². The van der Waals surface area contributed by atoms with Gasteiger partial charge in [0, 0.05) is 10.6 Å². The average molecular weight is 292 g/mol. The van der Waals surface area contributed by atoms with Gasteiger partial charge in [-0.15, -0.1) is 0 Å². The van der Waals surface area contributed by atoms with Gasteiger partial charge in [0.05, 0.1) is 5.69 Å². The number of hydrogen-bond donors (Lipinski definition) is 1. The van der Waals surface area contributed by atoms with E-state index in [4.69, 9.17) is 11.6 Å². The van der Waals surface area contributed by atoms with E-state index >= 15 is 0 Å². The van der Waals surface area contributed by atoms with Gasteiger partial charge in [-0.25, -0.2) is 4.39 Å². The summed E-state index contributed by atoms with van der Waals surface area (Å²) in [6.07, 6.45) is 0. The van der Waals surface area contributed by atoms with Crippen LogP contribution in [0.4, 0.5) is 10.1 Å². The Hall–Kier alpha value is -1.87. The summed E-state index contributed by atoms with van der Waals surface area (Å²) in [7, 11) is 0. The first-order chi connectivity index (χ1) is 9.47. The van der Waals surface area contributed by atoms with Crippen molar-refractivity contribution in [2.75, 3.05) is 5.32 Å². The summed E-state index contributed by atoms with van der Waals surface area (Å²) in [6, 6.07) is 11.3. The van der Waals surface area contributed by atoms with Crippen molar-refractivity contribution in [3.63, 3.8) is 0 Å². The van der Waals surface area contributed by atoms with Crippen molar-refractivity contribution < 1.29 is 9.18 Å². The molecule has 0 fully saturated rings. The van der Waals surface area contributed by atoms with Crippen LogP contribution in [0.5, 0.6) is 0 Å². The molecule has 0 aliphatic rings. The van der Waals surface area contributed by atoms with Gasteiger partial charge in [-0.2, -0.15) is 0 Å². The lowest BCUT2D eigenvalue weighted by atomic mass is 10.0. The van der Waals surface area contributed by atoms with Crippen molar-refractivity contribution in [1.29, 1.82) is 0 Å². The van der Waals surface area contributed by atoms with Crippen molar-refractivity contribution in [1.82, 2.24) is 0 Å². The van der Waals surface area contributed by atoms with Crippen molar-refractivity contribution in [3.8, 4) is 0 Å². The van der Waals surface area contributed by atoms with Crippen LogP contribution >= 0.6 is 11.6 Å². The first-order valence-electron chi connectivity index (χ1n) is 6.33. The molecule has 0 spiro atoms. The van der Waals surface area contributed by atoms with Gasteiger partial charge in [-0.05, 0) is 41.8 Å². The number of rotatable bonds is 3. The Balaban J connectivity index is 2.17. The molecular formula is C16H15ClFNO. The molecule has 0 aliphatic heterocycles. The van der Waals surface area contributed by atoms with Gasteiger partial charge in [-0.3, -0.25) is 4.79 Å². The van der Waals surface area contributed by atoms with Crippen LogP contribution in [-0.4, -0.2) is 5.91 Å². The molecular weight excluding hydrogens is 277 g/mol. The number of halogens is 2. The predicted octanol–water partition coefficient (Wildman–Crippen LogP) is 4.85. The van der Waals surface area contributed by atoms with Crippen molar-refractivity contribution in [2.24, 2.45) is 0 Å². The lowest BCUT2D eigenvalue weighted by molar-refractivity contribution is 0.102. The van der Waals surface area contributed by atoms with E-state index in [1.807, 2.05) is 12.1 Å². The number of nitrogens with one attached hydrogen (secondary N) is 1. The maximum Gasteiger partial charge on any atom is 0.255 e. The Kier molecular flexibility index (Phi) is 4.40. The molecule has 104 valence electrons. The minimum Gasteiger partial charge on any atom is -0.319 e. The second kappa shape index (κ2) is 6.06. The third-order valence-corrected chi connectivity index (χ3v) is 3.25. The van der Waals surface area contributed by atoms with E-state index in [1.165, 1.54) is 18.2 Å². The molecule has 2 aromatic rings. The fourth-order valence-electron chi connectivity index (χ4n) is 1.81. The second-order valence-electron chi connectivity index (χ2n) is 4.86. The molecule has 0 unspecified atom stereocenters. The molecule has 0 aliphatic carbocycles. The Bertz CT molecular complexity index is 623. The molecule has 2 nitrogen and oxygen atoms in total. The Morgan fingerprint density at radius 1 is 1.15 bits per heavy atom. The topological polar surface area (TPSA) is 29.1 Å². The van der Waals surface area contributed by atoms with Crippen molar-refractivity contribution >= 4 is 23.2 Å². The summed E-state index contributed by atoms with van der Waals surface area (Å²) in [5, 5.41) is 2.89. The van der Waals surface area contributed by atoms with Crippen LogP contribution in [0.2, 0.25) is 5.02 Å². The zero-order valence-electron chi connectivity index (χ0n) is 11.3. The number of carbonyl (C=O) groups is 1. The summed E-state index contributed by atoms with van der Waals surface area (Å²) in [5.74, 6) is -0.472. The third-order valence-electron chi connectivity index (χ3n) is 3.02. The highest BCUT2D eigenvalue weighted by molar-refractivity contribution is 6.31. The van der Waals surface area contributed by atoms with Gasteiger partial charge in [0.1, 0.15) is 5.82 Å². The standard InChI is InChI=1S/C16H15ClFNO/c1-10(2)11-3-5-12(6-4-11)16(20)19-15-9-13(17)7-8-14(15)18/h3-10H,1-2H3,(H,19,20). The number of carbonyl (C=O) groups excluding carboxylic acids is 1. The van der Waals surface area contributed by atoms with Gasteiger partial charge in [-0.1, -0.05) is 37.6 Å². The zero-order chi connectivity index (χ0) is 14.7. The van der Waals surface area contributed by atoms with Crippen LogP contribution in [0, 0.1) is 5.82 Å². The van der Waals surface area contributed by atoms with Crippen LogP contribution in [0.15, 0.2) is 42.5 Å². The van der Waals surface area contributed by atoms with Crippen molar-refractivity contribution in [2.45, 2.75) is 19.8 Å². The smallest absolute Gasteiger partial charge is 0.255 e. The highest BCUT2D eigenvalue weighted by Gasteiger charge is 2.10. The van der Waals surface area contributed by atoms with E-state index in [9.17, 15) is 9.18 Å².